The molecule has 0 bridgehead atoms. The van der Waals surface area contributed by atoms with Gasteiger partial charge in [0.15, 0.2) is 0 Å². The number of hydrogen-bond acceptors (Lipinski definition) is 4. The number of aromatic nitrogens is 3. The van der Waals surface area contributed by atoms with E-state index in [-0.39, 0.29) is 5.91 Å². The van der Waals surface area contributed by atoms with Gasteiger partial charge in [-0.2, -0.15) is 5.10 Å². The number of aromatic amines is 1. The summed E-state index contributed by atoms with van der Waals surface area (Å²) in [5, 5.41) is 10.3. The van der Waals surface area contributed by atoms with Crippen molar-refractivity contribution in [3.8, 4) is 17.1 Å². The first kappa shape index (κ1) is 17.3. The molecule has 1 fully saturated rings. The Balaban J connectivity index is 1.61. The lowest BCUT2D eigenvalue weighted by atomic mass is 9.87. The zero-order chi connectivity index (χ0) is 18.7. The van der Waals surface area contributed by atoms with Crippen LogP contribution in [0.1, 0.15) is 41.7 Å². The Morgan fingerprint density at radius 2 is 1.89 bits per heavy atom. The summed E-state index contributed by atoms with van der Waals surface area (Å²) in [6.07, 6.45) is 5.63. The molecule has 3 aromatic rings. The molecule has 1 saturated carbocycles. The number of nitrogens with one attached hydrogen (secondary N) is 2. The molecule has 138 valence electrons. The summed E-state index contributed by atoms with van der Waals surface area (Å²) in [5.41, 5.74) is 2.42. The number of ether oxygens (including phenoxy) is 1. The SMILES string of the molecule is COc1ccccc1C1(NC(=O)c2cc(-c3ccccn3)n[nH]2)CCCC1. The molecule has 0 spiro atoms. The Labute approximate surface area is 158 Å². The van der Waals surface area contributed by atoms with Crippen molar-refractivity contribution in [1.29, 1.82) is 0 Å². The molecule has 6 nitrogen and oxygen atoms in total. The second-order valence-electron chi connectivity index (χ2n) is 6.83. The van der Waals surface area contributed by atoms with Crippen LogP contribution in [-0.4, -0.2) is 28.2 Å². The number of nitrogens with zero attached hydrogens (tertiary/aromatic N) is 2. The van der Waals surface area contributed by atoms with Crippen LogP contribution in [0.15, 0.2) is 54.7 Å². The third kappa shape index (κ3) is 3.30. The van der Waals surface area contributed by atoms with Gasteiger partial charge < -0.3 is 10.1 Å². The van der Waals surface area contributed by atoms with Crippen molar-refractivity contribution < 1.29 is 9.53 Å². The highest BCUT2D eigenvalue weighted by atomic mass is 16.5. The van der Waals surface area contributed by atoms with Gasteiger partial charge in [-0.1, -0.05) is 37.1 Å². The smallest absolute Gasteiger partial charge is 0.270 e. The van der Waals surface area contributed by atoms with Crippen molar-refractivity contribution in [2.24, 2.45) is 0 Å². The average Bonchev–Trinajstić information content (AvgIpc) is 3.39. The van der Waals surface area contributed by atoms with E-state index in [2.05, 4.69) is 20.5 Å². The lowest BCUT2D eigenvalue weighted by Gasteiger charge is -2.32. The fraction of sp³-hybridized carbons (Fsp3) is 0.286. The van der Waals surface area contributed by atoms with Crippen molar-refractivity contribution in [3.05, 3.63) is 66.0 Å². The van der Waals surface area contributed by atoms with Gasteiger partial charge in [-0.25, -0.2) is 0 Å². The zero-order valence-electron chi connectivity index (χ0n) is 15.2. The Bertz CT molecular complexity index is 930. The molecule has 1 aliphatic carbocycles. The van der Waals surface area contributed by atoms with Gasteiger partial charge in [0.1, 0.15) is 17.1 Å². The standard InChI is InChI=1S/C21H22N4O2/c1-27-19-10-3-2-8-15(19)21(11-5-6-12-21)23-20(26)18-14-17(24-25-18)16-9-4-7-13-22-16/h2-4,7-10,13-14H,5-6,11-12H2,1H3,(H,23,26)(H,24,25). The largest absolute Gasteiger partial charge is 0.496 e. The number of H-pyrrole nitrogens is 1. The minimum Gasteiger partial charge on any atom is -0.496 e. The van der Waals surface area contributed by atoms with E-state index in [1.165, 1.54) is 0 Å². The van der Waals surface area contributed by atoms with E-state index in [9.17, 15) is 4.79 Å². The number of para-hydroxylation sites is 1. The Morgan fingerprint density at radius 3 is 2.63 bits per heavy atom. The number of methoxy groups -OCH3 is 1. The van der Waals surface area contributed by atoms with E-state index in [1.807, 2.05) is 42.5 Å². The Hall–Kier alpha value is -3.15. The van der Waals surface area contributed by atoms with Crippen molar-refractivity contribution in [2.75, 3.05) is 7.11 Å². The summed E-state index contributed by atoms with van der Waals surface area (Å²) in [6, 6.07) is 15.3. The summed E-state index contributed by atoms with van der Waals surface area (Å²) in [5.74, 6) is 0.635. The van der Waals surface area contributed by atoms with Crippen molar-refractivity contribution >= 4 is 5.91 Å². The summed E-state index contributed by atoms with van der Waals surface area (Å²) >= 11 is 0. The molecule has 0 aliphatic heterocycles. The maximum absolute atomic E-state index is 13.0. The van der Waals surface area contributed by atoms with E-state index < -0.39 is 5.54 Å². The molecule has 1 amide bonds. The molecule has 2 N–H and O–H groups in total. The fourth-order valence-corrected chi connectivity index (χ4v) is 3.85. The predicted octanol–water partition coefficient (Wildman–Crippen LogP) is 3.68. The fourth-order valence-electron chi connectivity index (χ4n) is 3.85. The van der Waals surface area contributed by atoms with Gasteiger partial charge in [-0.05, 0) is 37.1 Å². The van der Waals surface area contributed by atoms with Crippen LogP contribution in [0, 0.1) is 0 Å². The number of pyridine rings is 1. The molecule has 4 rings (SSSR count). The second kappa shape index (κ2) is 7.23. The molecule has 6 heteroatoms. The minimum atomic E-state index is -0.417. The number of carbonyl (C=O) groups excluding carboxylic acids is 1. The zero-order valence-corrected chi connectivity index (χ0v) is 15.2. The van der Waals surface area contributed by atoms with Crippen LogP contribution in [0.4, 0.5) is 0 Å². The monoisotopic (exact) mass is 362 g/mol. The van der Waals surface area contributed by atoms with Crippen LogP contribution < -0.4 is 10.1 Å². The van der Waals surface area contributed by atoms with E-state index >= 15 is 0 Å². The van der Waals surface area contributed by atoms with Crippen LogP contribution in [-0.2, 0) is 5.54 Å². The van der Waals surface area contributed by atoms with E-state index in [4.69, 9.17) is 4.74 Å². The first-order valence-electron chi connectivity index (χ1n) is 9.15. The van der Waals surface area contributed by atoms with Crippen molar-refractivity contribution in [1.82, 2.24) is 20.5 Å². The molecule has 0 saturated heterocycles. The van der Waals surface area contributed by atoms with Gasteiger partial charge in [0.25, 0.3) is 5.91 Å². The van der Waals surface area contributed by atoms with Gasteiger partial charge in [0, 0.05) is 11.8 Å². The molecule has 2 aromatic heterocycles. The molecule has 2 heterocycles. The maximum Gasteiger partial charge on any atom is 0.270 e. The highest BCUT2D eigenvalue weighted by Crippen LogP contribution is 2.42. The maximum atomic E-state index is 13.0. The van der Waals surface area contributed by atoms with E-state index in [0.717, 1.165) is 42.7 Å². The van der Waals surface area contributed by atoms with Crippen LogP contribution in [0.5, 0.6) is 5.75 Å². The third-order valence-electron chi connectivity index (χ3n) is 5.18. The molecule has 0 radical (unpaired) electrons. The second-order valence-corrected chi connectivity index (χ2v) is 6.83. The first-order valence-corrected chi connectivity index (χ1v) is 9.15. The van der Waals surface area contributed by atoms with Gasteiger partial charge in [0.2, 0.25) is 0 Å². The highest BCUT2D eigenvalue weighted by Gasteiger charge is 2.39. The summed E-state index contributed by atoms with van der Waals surface area (Å²) in [4.78, 5) is 17.3. The third-order valence-corrected chi connectivity index (χ3v) is 5.18. The van der Waals surface area contributed by atoms with Gasteiger partial charge in [0.05, 0.1) is 18.3 Å². The van der Waals surface area contributed by atoms with Crippen LogP contribution in [0.2, 0.25) is 0 Å². The van der Waals surface area contributed by atoms with Crippen molar-refractivity contribution in [2.45, 2.75) is 31.2 Å². The number of hydrogen-bond donors (Lipinski definition) is 2. The number of rotatable bonds is 5. The highest BCUT2D eigenvalue weighted by molar-refractivity contribution is 5.94. The quantitative estimate of drug-likeness (QED) is 0.726. The predicted molar refractivity (Wildman–Crippen MR) is 102 cm³/mol. The first-order chi connectivity index (χ1) is 13.2. The van der Waals surface area contributed by atoms with Gasteiger partial charge in [-0.3, -0.25) is 14.9 Å². The van der Waals surface area contributed by atoms with E-state index in [1.54, 1.807) is 19.4 Å². The van der Waals surface area contributed by atoms with Crippen molar-refractivity contribution in [3.63, 3.8) is 0 Å². The summed E-state index contributed by atoms with van der Waals surface area (Å²) < 4.78 is 5.55. The summed E-state index contributed by atoms with van der Waals surface area (Å²) in [6.45, 7) is 0. The lowest BCUT2D eigenvalue weighted by Crippen LogP contribution is -2.44. The number of benzene rings is 1. The lowest BCUT2D eigenvalue weighted by molar-refractivity contribution is 0.0891. The van der Waals surface area contributed by atoms with Crippen LogP contribution in [0.3, 0.4) is 0 Å². The molecule has 1 aromatic carbocycles. The molecular formula is C21H22N4O2. The Kier molecular flexibility index (Phi) is 4.62. The molecule has 0 unspecified atom stereocenters. The number of amides is 1. The molecule has 1 aliphatic rings. The topological polar surface area (TPSA) is 79.9 Å². The molecule has 0 atom stereocenters. The van der Waals surface area contributed by atoms with Gasteiger partial charge >= 0.3 is 0 Å². The summed E-state index contributed by atoms with van der Waals surface area (Å²) in [7, 11) is 1.66. The van der Waals surface area contributed by atoms with Crippen LogP contribution >= 0.6 is 0 Å². The number of carbonyl (C=O) groups is 1. The average molecular weight is 362 g/mol. The van der Waals surface area contributed by atoms with Crippen LogP contribution in [0.25, 0.3) is 11.4 Å². The minimum absolute atomic E-state index is 0.169. The van der Waals surface area contributed by atoms with Gasteiger partial charge in [-0.15, -0.1) is 0 Å². The van der Waals surface area contributed by atoms with E-state index in [0.29, 0.717) is 11.4 Å². The normalized spacial score (nSPS) is 15.4. The Morgan fingerprint density at radius 1 is 1.11 bits per heavy atom. The molecular weight excluding hydrogens is 340 g/mol. The molecule has 27 heavy (non-hydrogen) atoms.